The van der Waals surface area contributed by atoms with E-state index in [-0.39, 0.29) is 23.9 Å². The summed E-state index contributed by atoms with van der Waals surface area (Å²) in [4.78, 5) is 11.2. The van der Waals surface area contributed by atoms with E-state index in [1.54, 1.807) is 0 Å². The van der Waals surface area contributed by atoms with Crippen LogP contribution >= 0.6 is 0 Å². The summed E-state index contributed by atoms with van der Waals surface area (Å²) in [6.07, 6.45) is 11.1. The van der Waals surface area contributed by atoms with Gasteiger partial charge in [0.05, 0.1) is 19.3 Å². The fraction of sp³-hybridized carbons (Fsp3) is 0.696. The minimum atomic E-state index is -0.521. The summed E-state index contributed by atoms with van der Waals surface area (Å²) in [6.45, 7) is 3.81. The average Bonchev–Trinajstić information content (AvgIpc) is 3.17. The number of aliphatic hydroxyl groups is 2. The van der Waals surface area contributed by atoms with Crippen molar-refractivity contribution in [2.24, 2.45) is 23.7 Å². The van der Waals surface area contributed by atoms with E-state index in [0.29, 0.717) is 24.7 Å². The van der Waals surface area contributed by atoms with Crippen LogP contribution < -0.4 is 0 Å². The minimum absolute atomic E-state index is 0.0943. The Labute approximate surface area is 163 Å². The number of fused-ring (bicyclic) bond motifs is 1. The average molecular weight is 375 g/mol. The molecule has 2 fully saturated rings. The lowest BCUT2D eigenvalue weighted by Gasteiger charge is -2.19. The van der Waals surface area contributed by atoms with E-state index in [9.17, 15) is 15.0 Å². The molecule has 1 unspecified atom stereocenters. The second-order valence-electron chi connectivity index (χ2n) is 8.03. The normalized spacial score (nSPS) is 30.8. The van der Waals surface area contributed by atoms with Crippen molar-refractivity contribution in [3.63, 3.8) is 0 Å². The predicted molar refractivity (Wildman–Crippen MR) is 107 cm³/mol. The van der Waals surface area contributed by atoms with Crippen LogP contribution in [-0.4, -0.2) is 35.5 Å². The maximum Gasteiger partial charge on any atom is 0.305 e. The molecule has 2 aliphatic rings. The van der Waals surface area contributed by atoms with Gasteiger partial charge < -0.3 is 14.9 Å². The van der Waals surface area contributed by atoms with E-state index in [1.807, 2.05) is 26.0 Å². The zero-order valence-electron chi connectivity index (χ0n) is 16.9. The van der Waals surface area contributed by atoms with Crippen molar-refractivity contribution in [3.8, 4) is 11.8 Å². The first-order valence-electron chi connectivity index (χ1n) is 10.1. The first-order valence-corrected chi connectivity index (χ1v) is 10.1. The van der Waals surface area contributed by atoms with E-state index in [1.165, 1.54) is 12.7 Å². The lowest BCUT2D eigenvalue weighted by atomic mass is 9.89. The van der Waals surface area contributed by atoms with Gasteiger partial charge in [-0.15, -0.1) is 11.8 Å². The van der Waals surface area contributed by atoms with Crippen molar-refractivity contribution in [1.82, 2.24) is 0 Å². The van der Waals surface area contributed by atoms with E-state index < -0.39 is 6.10 Å². The Morgan fingerprint density at radius 3 is 2.89 bits per heavy atom. The van der Waals surface area contributed by atoms with Gasteiger partial charge in [-0.05, 0) is 56.8 Å². The Morgan fingerprint density at radius 1 is 1.41 bits per heavy atom. The first kappa shape index (κ1) is 21.7. The van der Waals surface area contributed by atoms with E-state index >= 15 is 0 Å². The van der Waals surface area contributed by atoms with Crippen LogP contribution in [0, 0.1) is 35.5 Å². The zero-order valence-corrected chi connectivity index (χ0v) is 16.9. The highest BCUT2D eigenvalue weighted by atomic mass is 16.5. The van der Waals surface area contributed by atoms with Crippen LogP contribution in [0.15, 0.2) is 23.8 Å². The van der Waals surface area contributed by atoms with Gasteiger partial charge in [0.2, 0.25) is 0 Å². The molecular formula is C23H34O4. The second-order valence-corrected chi connectivity index (χ2v) is 8.03. The summed E-state index contributed by atoms with van der Waals surface area (Å²) in [5, 5.41) is 20.8. The molecule has 27 heavy (non-hydrogen) atoms. The van der Waals surface area contributed by atoms with E-state index in [4.69, 9.17) is 0 Å². The summed E-state index contributed by atoms with van der Waals surface area (Å²) in [5.41, 5.74) is 1.45. The van der Waals surface area contributed by atoms with Crippen molar-refractivity contribution >= 4 is 5.97 Å². The Bertz CT molecular complexity index is 610. The summed E-state index contributed by atoms with van der Waals surface area (Å²) in [7, 11) is 1.42. The number of carbonyl (C=O) groups is 1. The Balaban J connectivity index is 1.87. The van der Waals surface area contributed by atoms with Crippen LogP contribution in [-0.2, 0) is 9.53 Å². The van der Waals surface area contributed by atoms with Gasteiger partial charge in [-0.25, -0.2) is 0 Å². The van der Waals surface area contributed by atoms with Crippen LogP contribution in [0.2, 0.25) is 0 Å². The van der Waals surface area contributed by atoms with Crippen LogP contribution in [0.4, 0.5) is 0 Å². The third-order valence-corrected chi connectivity index (χ3v) is 6.07. The van der Waals surface area contributed by atoms with Crippen molar-refractivity contribution in [3.05, 3.63) is 23.8 Å². The first-order chi connectivity index (χ1) is 13.0. The second kappa shape index (κ2) is 10.7. The molecule has 2 N–H and O–H groups in total. The minimum Gasteiger partial charge on any atom is -0.469 e. The zero-order chi connectivity index (χ0) is 19.8. The molecule has 6 atom stereocenters. The van der Waals surface area contributed by atoms with Gasteiger partial charge in [-0.2, -0.15) is 0 Å². The van der Waals surface area contributed by atoms with Gasteiger partial charge in [0.15, 0.2) is 0 Å². The number of esters is 1. The summed E-state index contributed by atoms with van der Waals surface area (Å²) >= 11 is 0. The molecule has 2 saturated carbocycles. The molecule has 0 aromatic rings. The number of hydrogen-bond acceptors (Lipinski definition) is 4. The third-order valence-electron chi connectivity index (χ3n) is 6.07. The molecule has 0 saturated heterocycles. The van der Waals surface area contributed by atoms with E-state index in [2.05, 4.69) is 22.7 Å². The smallest absolute Gasteiger partial charge is 0.305 e. The molecule has 0 bridgehead atoms. The Hall–Kier alpha value is -1.57. The van der Waals surface area contributed by atoms with Crippen molar-refractivity contribution in [2.45, 2.75) is 71.0 Å². The number of rotatable bonds is 8. The standard InChI is InChI=1S/C23H34O4/c1-4-5-8-16(2)21(24)12-11-19-20-14-17(13-18(20)15-22(19)25)9-6-7-10-23(26)27-3/h9,11-12,16,18-22,24-25H,6-8,10,13-15H2,1-3H3/b12-11+,17-9+/t16?,18-,19+,20-,21+,22+/m0/s1. The molecule has 0 heterocycles. The van der Waals surface area contributed by atoms with Crippen molar-refractivity contribution < 1.29 is 19.7 Å². The number of aliphatic hydroxyl groups excluding tert-OH is 2. The van der Waals surface area contributed by atoms with Crippen LogP contribution in [0.1, 0.15) is 58.8 Å². The van der Waals surface area contributed by atoms with Gasteiger partial charge >= 0.3 is 5.97 Å². The molecule has 0 spiro atoms. The lowest BCUT2D eigenvalue weighted by molar-refractivity contribution is -0.140. The number of unbranched alkanes of at least 4 members (excludes halogenated alkanes) is 1. The monoisotopic (exact) mass is 374 g/mol. The van der Waals surface area contributed by atoms with Crippen molar-refractivity contribution in [2.75, 3.05) is 7.11 Å². The molecule has 2 rings (SSSR count). The molecule has 2 aliphatic carbocycles. The molecule has 4 heteroatoms. The van der Waals surface area contributed by atoms with Crippen molar-refractivity contribution in [1.29, 1.82) is 0 Å². The highest BCUT2D eigenvalue weighted by Crippen LogP contribution is 2.50. The van der Waals surface area contributed by atoms with Gasteiger partial charge in [0.25, 0.3) is 0 Å². The molecular weight excluding hydrogens is 340 g/mol. The lowest BCUT2D eigenvalue weighted by Crippen LogP contribution is -2.19. The Morgan fingerprint density at radius 2 is 2.19 bits per heavy atom. The SMILES string of the molecule is CC#CCC(C)[C@H](O)/C=C/[C@@H]1[C@H]2C/C(=C/CCCC(=O)OC)C[C@H]2C[C@H]1O. The molecule has 0 radical (unpaired) electrons. The maximum atomic E-state index is 11.2. The predicted octanol–water partition coefficient (Wildman–Crippen LogP) is 3.63. The summed E-state index contributed by atoms with van der Waals surface area (Å²) < 4.78 is 4.67. The Kier molecular flexibility index (Phi) is 8.60. The summed E-state index contributed by atoms with van der Waals surface area (Å²) in [5.74, 6) is 6.93. The molecule has 0 aromatic heterocycles. The van der Waals surface area contributed by atoms with Crippen LogP contribution in [0.5, 0.6) is 0 Å². The quantitative estimate of drug-likeness (QED) is 0.295. The van der Waals surface area contributed by atoms with Gasteiger partial charge in [-0.1, -0.05) is 30.7 Å². The fourth-order valence-electron chi connectivity index (χ4n) is 4.41. The number of hydrogen-bond donors (Lipinski definition) is 2. The largest absolute Gasteiger partial charge is 0.469 e. The van der Waals surface area contributed by atoms with Gasteiger partial charge in [-0.3, -0.25) is 4.79 Å². The number of methoxy groups -OCH3 is 1. The number of allylic oxidation sites excluding steroid dienone is 2. The third kappa shape index (κ3) is 6.23. The van der Waals surface area contributed by atoms with Crippen LogP contribution in [0.3, 0.4) is 0 Å². The highest BCUT2D eigenvalue weighted by Gasteiger charge is 2.44. The van der Waals surface area contributed by atoms with Gasteiger partial charge in [0, 0.05) is 18.8 Å². The fourth-order valence-corrected chi connectivity index (χ4v) is 4.41. The van der Waals surface area contributed by atoms with Gasteiger partial charge in [0.1, 0.15) is 0 Å². The molecule has 0 aromatic carbocycles. The topological polar surface area (TPSA) is 66.8 Å². The molecule has 150 valence electrons. The summed E-state index contributed by atoms with van der Waals surface area (Å²) in [6, 6.07) is 0. The van der Waals surface area contributed by atoms with Crippen LogP contribution in [0.25, 0.3) is 0 Å². The molecule has 4 nitrogen and oxygen atoms in total. The highest BCUT2D eigenvalue weighted by molar-refractivity contribution is 5.69. The number of ether oxygens (including phenoxy) is 1. The maximum absolute atomic E-state index is 11.2. The molecule has 0 amide bonds. The number of carbonyl (C=O) groups excluding carboxylic acids is 1. The molecule has 0 aliphatic heterocycles. The van der Waals surface area contributed by atoms with E-state index in [0.717, 1.165) is 32.1 Å².